The summed E-state index contributed by atoms with van der Waals surface area (Å²) in [6.07, 6.45) is 1.30. The van der Waals surface area contributed by atoms with Crippen LogP contribution in [0.3, 0.4) is 0 Å². The first-order valence-electron chi connectivity index (χ1n) is 5.93. The third-order valence-corrected chi connectivity index (χ3v) is 3.30. The Balaban J connectivity index is 2.09. The van der Waals surface area contributed by atoms with Crippen molar-refractivity contribution in [3.63, 3.8) is 0 Å². The van der Waals surface area contributed by atoms with Gasteiger partial charge in [-0.15, -0.1) is 0 Å². The monoisotopic (exact) mass is 350 g/mol. The molecule has 0 aliphatic carbocycles. The van der Waals surface area contributed by atoms with Crippen LogP contribution in [0.1, 0.15) is 11.1 Å². The number of benzene rings is 2. The lowest BCUT2D eigenvalue weighted by molar-refractivity contribution is -0.384. The molecule has 0 heterocycles. The van der Waals surface area contributed by atoms with E-state index in [1.807, 2.05) is 0 Å². The van der Waals surface area contributed by atoms with Crippen molar-refractivity contribution < 1.29 is 14.9 Å². The van der Waals surface area contributed by atoms with Gasteiger partial charge in [-0.2, -0.15) is 0 Å². The van der Waals surface area contributed by atoms with E-state index in [2.05, 4.69) is 21.1 Å². The van der Waals surface area contributed by atoms with Gasteiger partial charge in [0.15, 0.2) is 0 Å². The van der Waals surface area contributed by atoms with Crippen LogP contribution >= 0.6 is 15.9 Å². The lowest BCUT2D eigenvalue weighted by atomic mass is 10.2. The first-order valence-corrected chi connectivity index (χ1v) is 6.72. The predicted molar refractivity (Wildman–Crippen MR) is 81.0 cm³/mol. The van der Waals surface area contributed by atoms with E-state index in [1.165, 1.54) is 18.3 Å². The van der Waals surface area contributed by atoms with E-state index in [4.69, 9.17) is 9.94 Å². The van der Waals surface area contributed by atoms with Gasteiger partial charge in [-0.25, -0.2) is 0 Å². The molecular weight excluding hydrogens is 340 g/mol. The zero-order valence-corrected chi connectivity index (χ0v) is 12.4. The van der Waals surface area contributed by atoms with Gasteiger partial charge in [0.05, 0.1) is 15.6 Å². The van der Waals surface area contributed by atoms with Crippen LogP contribution in [0.5, 0.6) is 5.75 Å². The second-order valence-corrected chi connectivity index (χ2v) is 5.00. The molecule has 21 heavy (non-hydrogen) atoms. The molecule has 0 aliphatic heterocycles. The highest BCUT2D eigenvalue weighted by Crippen LogP contribution is 2.26. The second-order valence-electron chi connectivity index (χ2n) is 4.15. The highest BCUT2D eigenvalue weighted by Gasteiger charge is 2.07. The van der Waals surface area contributed by atoms with Gasteiger partial charge in [0.25, 0.3) is 5.69 Å². The fourth-order valence-electron chi connectivity index (χ4n) is 1.70. The SMILES string of the molecule is O=[N+]([O-])c1cccc(COc2ccc(/C=N\O)cc2Br)c1. The number of ether oxygens (including phenoxy) is 1. The van der Waals surface area contributed by atoms with Crippen LogP contribution in [0.25, 0.3) is 0 Å². The van der Waals surface area contributed by atoms with Gasteiger partial charge in [0.1, 0.15) is 12.4 Å². The second kappa shape index (κ2) is 6.85. The van der Waals surface area contributed by atoms with E-state index >= 15 is 0 Å². The number of rotatable bonds is 5. The molecule has 0 saturated carbocycles. The van der Waals surface area contributed by atoms with Crippen molar-refractivity contribution in [3.8, 4) is 5.75 Å². The Bertz CT molecular complexity index is 688. The molecule has 0 spiro atoms. The van der Waals surface area contributed by atoms with Gasteiger partial charge >= 0.3 is 0 Å². The first-order chi connectivity index (χ1) is 10.1. The number of nitro benzene ring substituents is 1. The van der Waals surface area contributed by atoms with E-state index in [-0.39, 0.29) is 12.3 Å². The Hall–Kier alpha value is -2.41. The fraction of sp³-hybridized carbons (Fsp3) is 0.0714. The molecule has 7 heteroatoms. The molecule has 2 aromatic rings. The van der Waals surface area contributed by atoms with Crippen molar-refractivity contribution in [1.82, 2.24) is 0 Å². The minimum Gasteiger partial charge on any atom is -0.488 e. The summed E-state index contributed by atoms with van der Waals surface area (Å²) >= 11 is 3.35. The first kappa shape index (κ1) is 15.0. The molecule has 0 saturated heterocycles. The van der Waals surface area contributed by atoms with Gasteiger partial charge in [0.2, 0.25) is 0 Å². The van der Waals surface area contributed by atoms with Crippen LogP contribution in [0, 0.1) is 10.1 Å². The van der Waals surface area contributed by atoms with E-state index < -0.39 is 4.92 Å². The number of non-ortho nitro benzene ring substituents is 1. The van der Waals surface area contributed by atoms with Crippen molar-refractivity contribution in [1.29, 1.82) is 0 Å². The number of hydrogen-bond donors (Lipinski definition) is 1. The highest BCUT2D eigenvalue weighted by molar-refractivity contribution is 9.10. The average Bonchev–Trinajstić information content (AvgIpc) is 2.47. The fourth-order valence-corrected chi connectivity index (χ4v) is 2.21. The van der Waals surface area contributed by atoms with E-state index in [9.17, 15) is 10.1 Å². The van der Waals surface area contributed by atoms with Crippen LogP contribution in [-0.2, 0) is 6.61 Å². The van der Waals surface area contributed by atoms with Crippen LogP contribution in [0.2, 0.25) is 0 Å². The van der Waals surface area contributed by atoms with Crippen molar-refractivity contribution >= 4 is 27.8 Å². The van der Waals surface area contributed by atoms with Crippen molar-refractivity contribution in [2.45, 2.75) is 6.61 Å². The maximum Gasteiger partial charge on any atom is 0.269 e. The van der Waals surface area contributed by atoms with Crippen LogP contribution < -0.4 is 4.74 Å². The summed E-state index contributed by atoms with van der Waals surface area (Å²) in [5.74, 6) is 0.594. The maximum atomic E-state index is 10.7. The topological polar surface area (TPSA) is 85.0 Å². The lowest BCUT2D eigenvalue weighted by Crippen LogP contribution is -1.98. The predicted octanol–water partition coefficient (Wildman–Crippen LogP) is 3.74. The normalized spacial score (nSPS) is 10.7. The highest BCUT2D eigenvalue weighted by atomic mass is 79.9. The standard InChI is InChI=1S/C14H11BrN2O4/c15-13-7-10(8-16-18)4-5-14(13)21-9-11-2-1-3-12(6-11)17(19)20/h1-8,18H,9H2/b16-8-. The zero-order valence-electron chi connectivity index (χ0n) is 10.8. The summed E-state index contributed by atoms with van der Waals surface area (Å²) in [6.45, 7) is 0.216. The van der Waals surface area contributed by atoms with Gasteiger partial charge in [0, 0.05) is 12.1 Å². The Kier molecular flexibility index (Phi) is 4.89. The molecule has 108 valence electrons. The quantitative estimate of drug-likeness (QED) is 0.385. The van der Waals surface area contributed by atoms with Crippen LogP contribution in [0.4, 0.5) is 5.69 Å². The summed E-state index contributed by atoms with van der Waals surface area (Å²) in [5, 5.41) is 22.1. The molecule has 0 radical (unpaired) electrons. The van der Waals surface area contributed by atoms with Gasteiger partial charge in [-0.1, -0.05) is 17.3 Å². The molecule has 0 bridgehead atoms. The van der Waals surface area contributed by atoms with Crippen molar-refractivity contribution in [3.05, 3.63) is 68.2 Å². The number of nitro groups is 1. The Labute approximate surface area is 128 Å². The van der Waals surface area contributed by atoms with E-state index in [0.717, 1.165) is 0 Å². The third kappa shape index (κ3) is 4.03. The zero-order chi connectivity index (χ0) is 15.2. The largest absolute Gasteiger partial charge is 0.488 e. The van der Waals surface area contributed by atoms with Crippen LogP contribution in [0.15, 0.2) is 52.1 Å². The molecule has 0 amide bonds. The number of nitrogens with zero attached hydrogens (tertiary/aromatic N) is 2. The molecule has 0 aliphatic rings. The van der Waals surface area contributed by atoms with Gasteiger partial charge < -0.3 is 9.94 Å². The number of hydrogen-bond acceptors (Lipinski definition) is 5. The van der Waals surface area contributed by atoms with E-state index in [0.29, 0.717) is 21.3 Å². The smallest absolute Gasteiger partial charge is 0.269 e. The average molecular weight is 351 g/mol. The van der Waals surface area contributed by atoms with E-state index in [1.54, 1.807) is 30.3 Å². The minimum atomic E-state index is -0.442. The molecule has 0 fully saturated rings. The van der Waals surface area contributed by atoms with Crippen molar-refractivity contribution in [2.24, 2.45) is 5.16 Å². The van der Waals surface area contributed by atoms with Crippen molar-refractivity contribution in [2.75, 3.05) is 0 Å². The summed E-state index contributed by atoms with van der Waals surface area (Å²) in [5.41, 5.74) is 1.45. The molecular formula is C14H11BrN2O4. The molecule has 1 N–H and O–H groups in total. The van der Waals surface area contributed by atoms with Gasteiger partial charge in [-0.05, 0) is 45.3 Å². The molecule has 6 nitrogen and oxygen atoms in total. The van der Waals surface area contributed by atoms with Gasteiger partial charge in [-0.3, -0.25) is 10.1 Å². The Morgan fingerprint density at radius 3 is 2.81 bits per heavy atom. The molecule has 0 aromatic heterocycles. The third-order valence-electron chi connectivity index (χ3n) is 2.68. The number of oxime groups is 1. The summed E-state index contributed by atoms with van der Waals surface area (Å²) < 4.78 is 6.31. The molecule has 0 atom stereocenters. The molecule has 0 unspecified atom stereocenters. The summed E-state index contributed by atoms with van der Waals surface area (Å²) in [4.78, 5) is 10.3. The lowest BCUT2D eigenvalue weighted by Gasteiger charge is -2.08. The molecule has 2 rings (SSSR count). The minimum absolute atomic E-state index is 0.0321. The number of halogens is 1. The Morgan fingerprint density at radius 1 is 1.33 bits per heavy atom. The Morgan fingerprint density at radius 2 is 2.14 bits per heavy atom. The molecule has 2 aromatic carbocycles. The summed E-state index contributed by atoms with van der Waals surface area (Å²) in [7, 11) is 0. The van der Waals surface area contributed by atoms with Crippen LogP contribution in [-0.4, -0.2) is 16.3 Å². The maximum absolute atomic E-state index is 10.7. The summed E-state index contributed by atoms with van der Waals surface area (Å²) in [6, 6.07) is 11.5.